The summed E-state index contributed by atoms with van der Waals surface area (Å²) in [6.07, 6.45) is 4.18. The summed E-state index contributed by atoms with van der Waals surface area (Å²) < 4.78 is 0. The molecule has 1 aliphatic carbocycles. The summed E-state index contributed by atoms with van der Waals surface area (Å²) in [6, 6.07) is 5.82. The van der Waals surface area contributed by atoms with E-state index in [2.05, 4.69) is 5.32 Å². The average Bonchev–Trinajstić information content (AvgIpc) is 2.92. The lowest BCUT2D eigenvalue weighted by atomic mass is 10.0. The van der Waals surface area contributed by atoms with E-state index in [4.69, 9.17) is 0 Å². The van der Waals surface area contributed by atoms with Crippen molar-refractivity contribution in [3.63, 3.8) is 0 Å². The van der Waals surface area contributed by atoms with Crippen molar-refractivity contribution >= 4 is 11.7 Å². The van der Waals surface area contributed by atoms with Gasteiger partial charge in [-0.25, -0.2) is 0 Å². The number of ketones is 1. The van der Waals surface area contributed by atoms with Crippen molar-refractivity contribution in [1.82, 2.24) is 5.32 Å². The number of nitrogens with one attached hydrogen (secondary N) is 1. The largest absolute Gasteiger partial charge is 0.348 e. The number of carbonyl (C=O) groups excluding carboxylic acids is 2. The Bertz CT molecular complexity index is 488. The summed E-state index contributed by atoms with van der Waals surface area (Å²) in [4.78, 5) is 24.0. The van der Waals surface area contributed by atoms with Crippen LogP contribution in [0.15, 0.2) is 18.2 Å². The number of benzene rings is 1. The van der Waals surface area contributed by atoms with Crippen molar-refractivity contribution in [2.45, 2.75) is 39.5 Å². The van der Waals surface area contributed by atoms with Crippen LogP contribution in [0.2, 0.25) is 0 Å². The van der Waals surface area contributed by atoms with Crippen molar-refractivity contribution in [2.75, 3.05) is 6.54 Å². The third kappa shape index (κ3) is 3.43. The van der Waals surface area contributed by atoms with E-state index in [-0.39, 0.29) is 24.2 Å². The molecule has 1 aromatic rings. The Morgan fingerprint density at radius 1 is 1.21 bits per heavy atom. The van der Waals surface area contributed by atoms with Gasteiger partial charge in [0.25, 0.3) is 0 Å². The normalized spacial score (nSPS) is 15.5. The SMILES string of the molecule is Cc1ccc(C)c(C(=O)CNC(=O)C2CCCC2)c1. The Kier molecular flexibility index (Phi) is 4.35. The Morgan fingerprint density at radius 2 is 1.89 bits per heavy atom. The molecule has 1 fully saturated rings. The zero-order valence-corrected chi connectivity index (χ0v) is 11.7. The van der Waals surface area contributed by atoms with E-state index >= 15 is 0 Å². The predicted octanol–water partition coefficient (Wildman–Crippen LogP) is 2.79. The summed E-state index contributed by atoms with van der Waals surface area (Å²) in [7, 11) is 0. The van der Waals surface area contributed by atoms with Gasteiger partial charge in [-0.15, -0.1) is 0 Å². The fourth-order valence-electron chi connectivity index (χ4n) is 2.63. The van der Waals surface area contributed by atoms with Crippen LogP contribution in [0.1, 0.15) is 47.2 Å². The van der Waals surface area contributed by atoms with E-state index in [0.717, 1.165) is 36.8 Å². The predicted molar refractivity (Wildman–Crippen MR) is 75.2 cm³/mol. The van der Waals surface area contributed by atoms with Gasteiger partial charge in [0.15, 0.2) is 5.78 Å². The fraction of sp³-hybridized carbons (Fsp3) is 0.500. The molecule has 1 N–H and O–H groups in total. The smallest absolute Gasteiger partial charge is 0.223 e. The first kappa shape index (κ1) is 13.8. The molecule has 102 valence electrons. The molecule has 3 nitrogen and oxygen atoms in total. The minimum atomic E-state index is -0.00690. The molecule has 1 amide bonds. The van der Waals surface area contributed by atoms with Gasteiger partial charge in [-0.1, -0.05) is 30.5 Å². The summed E-state index contributed by atoms with van der Waals surface area (Å²) in [6.45, 7) is 4.00. The second kappa shape index (κ2) is 6.00. The molecule has 3 heteroatoms. The van der Waals surface area contributed by atoms with Crippen LogP contribution >= 0.6 is 0 Å². The highest BCUT2D eigenvalue weighted by atomic mass is 16.2. The Hall–Kier alpha value is -1.64. The van der Waals surface area contributed by atoms with E-state index in [0.29, 0.717) is 5.56 Å². The molecule has 0 spiro atoms. The maximum Gasteiger partial charge on any atom is 0.223 e. The fourth-order valence-corrected chi connectivity index (χ4v) is 2.63. The van der Waals surface area contributed by atoms with Crippen LogP contribution in [0.25, 0.3) is 0 Å². The van der Waals surface area contributed by atoms with E-state index in [1.54, 1.807) is 0 Å². The number of aryl methyl sites for hydroxylation is 2. The van der Waals surface area contributed by atoms with Gasteiger partial charge in [-0.2, -0.15) is 0 Å². The van der Waals surface area contributed by atoms with Crippen molar-refractivity contribution in [1.29, 1.82) is 0 Å². The number of amides is 1. The van der Waals surface area contributed by atoms with Crippen molar-refractivity contribution < 1.29 is 9.59 Å². The third-order valence-corrected chi connectivity index (χ3v) is 3.84. The monoisotopic (exact) mass is 259 g/mol. The zero-order valence-electron chi connectivity index (χ0n) is 11.7. The summed E-state index contributed by atoms with van der Waals surface area (Å²) in [5, 5.41) is 2.78. The lowest BCUT2D eigenvalue weighted by Crippen LogP contribution is -2.33. The third-order valence-electron chi connectivity index (χ3n) is 3.84. The van der Waals surface area contributed by atoms with Gasteiger partial charge < -0.3 is 5.32 Å². The highest BCUT2D eigenvalue weighted by Gasteiger charge is 2.23. The molecule has 19 heavy (non-hydrogen) atoms. The molecule has 1 aromatic carbocycles. The van der Waals surface area contributed by atoms with Gasteiger partial charge in [0.2, 0.25) is 5.91 Å². The molecule has 0 bridgehead atoms. The summed E-state index contributed by atoms with van der Waals surface area (Å²) in [5.74, 6) is 0.148. The molecule has 0 atom stereocenters. The second-order valence-corrected chi connectivity index (χ2v) is 5.44. The standard InChI is InChI=1S/C16H21NO2/c1-11-7-8-12(2)14(9-11)15(18)10-17-16(19)13-5-3-4-6-13/h7-9,13H,3-6,10H2,1-2H3,(H,17,19). The first-order valence-electron chi connectivity index (χ1n) is 6.96. The summed E-state index contributed by atoms with van der Waals surface area (Å²) in [5.41, 5.74) is 2.74. The van der Waals surface area contributed by atoms with Gasteiger partial charge >= 0.3 is 0 Å². The quantitative estimate of drug-likeness (QED) is 0.845. The minimum Gasteiger partial charge on any atom is -0.348 e. The Morgan fingerprint density at radius 3 is 2.58 bits per heavy atom. The molecule has 2 rings (SSSR count). The van der Waals surface area contributed by atoms with E-state index in [1.807, 2.05) is 32.0 Å². The number of hydrogen-bond donors (Lipinski definition) is 1. The van der Waals surface area contributed by atoms with Crippen LogP contribution in [-0.4, -0.2) is 18.2 Å². The van der Waals surface area contributed by atoms with Crippen LogP contribution in [0, 0.1) is 19.8 Å². The van der Waals surface area contributed by atoms with Crippen molar-refractivity contribution in [3.8, 4) is 0 Å². The Balaban J connectivity index is 1.93. The van der Waals surface area contributed by atoms with Gasteiger partial charge in [0, 0.05) is 11.5 Å². The maximum atomic E-state index is 12.1. The summed E-state index contributed by atoms with van der Waals surface area (Å²) >= 11 is 0. The van der Waals surface area contributed by atoms with Gasteiger partial charge in [-0.05, 0) is 38.3 Å². The second-order valence-electron chi connectivity index (χ2n) is 5.44. The van der Waals surface area contributed by atoms with Crippen LogP contribution < -0.4 is 5.32 Å². The van der Waals surface area contributed by atoms with Crippen LogP contribution in [0.3, 0.4) is 0 Å². The van der Waals surface area contributed by atoms with Gasteiger partial charge in [0.1, 0.15) is 0 Å². The maximum absolute atomic E-state index is 12.1. The minimum absolute atomic E-state index is 0.00690. The number of hydrogen-bond acceptors (Lipinski definition) is 2. The topological polar surface area (TPSA) is 46.2 Å². The molecule has 0 radical (unpaired) electrons. The first-order chi connectivity index (χ1) is 9.08. The number of rotatable bonds is 4. The Labute approximate surface area is 114 Å². The van der Waals surface area contributed by atoms with E-state index < -0.39 is 0 Å². The molecule has 0 saturated heterocycles. The number of carbonyl (C=O) groups is 2. The molecule has 0 aromatic heterocycles. The molecule has 1 aliphatic rings. The molecule has 0 aliphatic heterocycles. The molecule has 0 unspecified atom stereocenters. The van der Waals surface area contributed by atoms with Crippen LogP contribution in [0.4, 0.5) is 0 Å². The lowest BCUT2D eigenvalue weighted by Gasteiger charge is -2.11. The van der Waals surface area contributed by atoms with Crippen LogP contribution in [0.5, 0.6) is 0 Å². The number of Topliss-reactive ketones (excluding diaryl/α,β-unsaturated/α-hetero) is 1. The van der Waals surface area contributed by atoms with Gasteiger partial charge in [-0.3, -0.25) is 9.59 Å². The van der Waals surface area contributed by atoms with E-state index in [9.17, 15) is 9.59 Å². The molecular weight excluding hydrogens is 238 g/mol. The molecule has 1 saturated carbocycles. The van der Waals surface area contributed by atoms with Crippen molar-refractivity contribution in [3.05, 3.63) is 34.9 Å². The highest BCUT2D eigenvalue weighted by Crippen LogP contribution is 2.24. The van der Waals surface area contributed by atoms with Gasteiger partial charge in [0.05, 0.1) is 6.54 Å². The highest BCUT2D eigenvalue weighted by molar-refractivity contribution is 6.00. The zero-order chi connectivity index (χ0) is 13.8. The first-order valence-corrected chi connectivity index (χ1v) is 6.96. The average molecular weight is 259 g/mol. The lowest BCUT2D eigenvalue weighted by molar-refractivity contribution is -0.124. The molecular formula is C16H21NO2. The van der Waals surface area contributed by atoms with Crippen molar-refractivity contribution in [2.24, 2.45) is 5.92 Å². The van der Waals surface area contributed by atoms with Crippen LogP contribution in [-0.2, 0) is 4.79 Å². The molecule has 0 heterocycles. The van der Waals surface area contributed by atoms with E-state index in [1.165, 1.54) is 0 Å².